The summed E-state index contributed by atoms with van der Waals surface area (Å²) in [5.41, 5.74) is 1.42. The highest BCUT2D eigenvalue weighted by atomic mass is 32.2. The van der Waals surface area contributed by atoms with Gasteiger partial charge in [-0.05, 0) is 6.42 Å². The van der Waals surface area contributed by atoms with Crippen LogP contribution in [0.5, 0.6) is 0 Å². The molecular weight excluding hydrogens is 170 g/mol. The second kappa shape index (κ2) is 4.30. The van der Waals surface area contributed by atoms with Crippen LogP contribution in [0.3, 0.4) is 0 Å². The summed E-state index contributed by atoms with van der Waals surface area (Å²) in [5.74, 6) is -0.589. The first-order valence-corrected chi connectivity index (χ1v) is 5.12. The van der Waals surface area contributed by atoms with Gasteiger partial charge >= 0.3 is 0 Å². The lowest BCUT2D eigenvalue weighted by atomic mass is 10.3. The van der Waals surface area contributed by atoms with Gasteiger partial charge in [-0.25, -0.2) is 13.9 Å². The lowest BCUT2D eigenvalue weighted by Crippen LogP contribution is -2.19. The van der Waals surface area contributed by atoms with E-state index in [1.165, 1.54) is 5.48 Å². The first kappa shape index (κ1) is 10.4. The van der Waals surface area contributed by atoms with Crippen LogP contribution in [0, 0.1) is 0 Å². The van der Waals surface area contributed by atoms with Gasteiger partial charge < -0.3 is 0 Å². The number of amides is 1. The molecule has 0 aliphatic carbocycles. The van der Waals surface area contributed by atoms with Crippen LogP contribution in [0.4, 0.5) is 0 Å². The van der Waals surface area contributed by atoms with Crippen molar-refractivity contribution in [2.45, 2.75) is 12.8 Å². The maximum atomic E-state index is 10.5. The summed E-state index contributed by atoms with van der Waals surface area (Å²) >= 11 is 0. The molecule has 0 unspecified atom stereocenters. The third kappa shape index (κ3) is 7.27. The maximum Gasteiger partial charge on any atom is 0.243 e. The summed E-state index contributed by atoms with van der Waals surface area (Å²) in [5, 5.41) is 8.02. The smallest absolute Gasteiger partial charge is 0.243 e. The monoisotopic (exact) mass is 181 g/mol. The summed E-state index contributed by atoms with van der Waals surface area (Å²) in [6.07, 6.45) is 1.37. The molecule has 0 aliphatic heterocycles. The molecule has 0 saturated carbocycles. The van der Waals surface area contributed by atoms with Gasteiger partial charge in [-0.3, -0.25) is 10.0 Å². The van der Waals surface area contributed by atoms with Gasteiger partial charge in [0.25, 0.3) is 0 Å². The van der Waals surface area contributed by atoms with Crippen LogP contribution < -0.4 is 5.48 Å². The van der Waals surface area contributed by atoms with Crippen molar-refractivity contribution in [3.63, 3.8) is 0 Å². The molecule has 0 spiro atoms. The van der Waals surface area contributed by atoms with Crippen molar-refractivity contribution in [3.8, 4) is 0 Å². The number of hydroxylamine groups is 1. The number of rotatable bonds is 4. The zero-order chi connectivity index (χ0) is 8.91. The molecule has 0 radical (unpaired) electrons. The Hall–Kier alpha value is -0.620. The number of hydrogen-bond donors (Lipinski definition) is 2. The Morgan fingerprint density at radius 3 is 2.45 bits per heavy atom. The van der Waals surface area contributed by atoms with E-state index < -0.39 is 15.7 Å². The maximum absolute atomic E-state index is 10.5. The Balaban J connectivity index is 3.51. The van der Waals surface area contributed by atoms with Crippen molar-refractivity contribution in [2.24, 2.45) is 0 Å². The van der Waals surface area contributed by atoms with Gasteiger partial charge in [0.15, 0.2) is 0 Å². The molecule has 11 heavy (non-hydrogen) atoms. The molecule has 0 rings (SSSR count). The van der Waals surface area contributed by atoms with Crippen LogP contribution in [0.1, 0.15) is 12.8 Å². The second-order valence-electron chi connectivity index (χ2n) is 2.27. The first-order chi connectivity index (χ1) is 4.95. The largest absolute Gasteiger partial charge is 0.289 e. The van der Waals surface area contributed by atoms with Crippen LogP contribution in [-0.2, 0) is 14.6 Å². The van der Waals surface area contributed by atoms with Gasteiger partial charge in [-0.15, -0.1) is 0 Å². The molecule has 5 nitrogen and oxygen atoms in total. The van der Waals surface area contributed by atoms with Crippen molar-refractivity contribution in [1.82, 2.24) is 5.48 Å². The summed E-state index contributed by atoms with van der Waals surface area (Å²) in [4.78, 5) is 10.3. The van der Waals surface area contributed by atoms with Gasteiger partial charge in [0.05, 0.1) is 5.75 Å². The van der Waals surface area contributed by atoms with Crippen LogP contribution in [0.25, 0.3) is 0 Å². The van der Waals surface area contributed by atoms with Gasteiger partial charge in [0, 0.05) is 12.7 Å². The lowest BCUT2D eigenvalue weighted by molar-refractivity contribution is -0.129. The molecule has 0 aromatic carbocycles. The van der Waals surface area contributed by atoms with Crippen molar-refractivity contribution in [2.75, 3.05) is 12.0 Å². The summed E-state index contributed by atoms with van der Waals surface area (Å²) in [7, 11) is -2.99. The van der Waals surface area contributed by atoms with Gasteiger partial charge in [-0.2, -0.15) is 0 Å². The van der Waals surface area contributed by atoms with E-state index in [9.17, 15) is 13.2 Å². The van der Waals surface area contributed by atoms with Crippen LogP contribution in [0.15, 0.2) is 0 Å². The SMILES string of the molecule is CS(=O)(=O)CCCC(=O)NO. The third-order valence-electron chi connectivity index (χ3n) is 1.04. The highest BCUT2D eigenvalue weighted by Gasteiger charge is 2.04. The Morgan fingerprint density at radius 2 is 2.09 bits per heavy atom. The topological polar surface area (TPSA) is 83.5 Å². The highest BCUT2D eigenvalue weighted by molar-refractivity contribution is 7.90. The summed E-state index contributed by atoms with van der Waals surface area (Å²) in [6.45, 7) is 0. The fraction of sp³-hybridized carbons (Fsp3) is 0.800. The summed E-state index contributed by atoms with van der Waals surface area (Å²) < 4.78 is 21.0. The molecular formula is C5H11NO4S. The fourth-order valence-corrected chi connectivity index (χ4v) is 1.22. The molecule has 0 aromatic rings. The Bertz CT molecular complexity index is 221. The molecule has 0 saturated heterocycles. The predicted octanol–water partition coefficient (Wildman–Crippen LogP) is -0.683. The fourth-order valence-electron chi connectivity index (χ4n) is 0.551. The zero-order valence-electron chi connectivity index (χ0n) is 6.20. The van der Waals surface area contributed by atoms with Gasteiger partial charge in [0.1, 0.15) is 9.84 Å². The molecule has 6 heteroatoms. The number of sulfone groups is 1. The quantitative estimate of drug-likeness (QED) is 0.444. The number of nitrogens with one attached hydrogen (secondary N) is 1. The van der Waals surface area contributed by atoms with Crippen molar-refractivity contribution in [3.05, 3.63) is 0 Å². The van der Waals surface area contributed by atoms with Crippen molar-refractivity contribution >= 4 is 15.7 Å². The number of carbonyl (C=O) groups is 1. The molecule has 2 N–H and O–H groups in total. The molecule has 1 amide bonds. The van der Waals surface area contributed by atoms with Gasteiger partial charge in [-0.1, -0.05) is 0 Å². The molecule has 0 heterocycles. The normalized spacial score (nSPS) is 11.1. The minimum absolute atomic E-state index is 0.0274. The Morgan fingerprint density at radius 1 is 1.55 bits per heavy atom. The second-order valence-corrected chi connectivity index (χ2v) is 4.53. The number of carbonyl (C=O) groups excluding carboxylic acids is 1. The number of hydrogen-bond acceptors (Lipinski definition) is 4. The third-order valence-corrected chi connectivity index (χ3v) is 2.07. The minimum Gasteiger partial charge on any atom is -0.289 e. The standard InChI is InChI=1S/C5H11NO4S/c1-11(9,10)4-2-3-5(7)6-8/h8H,2-4H2,1H3,(H,6,7). The minimum atomic E-state index is -2.99. The van der Waals surface area contributed by atoms with E-state index in [1.807, 2.05) is 0 Å². The molecule has 0 bridgehead atoms. The van der Waals surface area contributed by atoms with E-state index in [-0.39, 0.29) is 18.6 Å². The van der Waals surface area contributed by atoms with Crippen molar-refractivity contribution < 1.29 is 18.4 Å². The zero-order valence-corrected chi connectivity index (χ0v) is 7.02. The van der Waals surface area contributed by atoms with Crippen LogP contribution in [0.2, 0.25) is 0 Å². The van der Waals surface area contributed by atoms with E-state index in [0.29, 0.717) is 0 Å². The molecule has 66 valence electrons. The van der Waals surface area contributed by atoms with E-state index in [0.717, 1.165) is 6.26 Å². The van der Waals surface area contributed by atoms with Gasteiger partial charge in [0.2, 0.25) is 5.91 Å². The average Bonchev–Trinajstić information content (AvgIpc) is 1.85. The first-order valence-electron chi connectivity index (χ1n) is 3.06. The molecule has 0 aromatic heterocycles. The summed E-state index contributed by atoms with van der Waals surface area (Å²) in [6, 6.07) is 0. The van der Waals surface area contributed by atoms with E-state index in [1.54, 1.807) is 0 Å². The Labute approximate surface area is 65.3 Å². The lowest BCUT2D eigenvalue weighted by Gasteiger charge is -1.96. The Kier molecular flexibility index (Phi) is 4.06. The van der Waals surface area contributed by atoms with Crippen LogP contribution >= 0.6 is 0 Å². The highest BCUT2D eigenvalue weighted by Crippen LogP contribution is 1.93. The molecule has 0 aliphatic rings. The average molecular weight is 181 g/mol. The molecule has 0 fully saturated rings. The van der Waals surface area contributed by atoms with Crippen molar-refractivity contribution in [1.29, 1.82) is 0 Å². The van der Waals surface area contributed by atoms with E-state index >= 15 is 0 Å². The van der Waals surface area contributed by atoms with E-state index in [4.69, 9.17) is 5.21 Å². The van der Waals surface area contributed by atoms with E-state index in [2.05, 4.69) is 0 Å². The molecule has 0 atom stereocenters. The van der Waals surface area contributed by atoms with Crippen LogP contribution in [-0.4, -0.2) is 31.5 Å². The predicted molar refractivity (Wildman–Crippen MR) is 38.9 cm³/mol.